The van der Waals surface area contributed by atoms with E-state index in [0.717, 1.165) is 37.1 Å². The van der Waals surface area contributed by atoms with Crippen LogP contribution in [0.4, 0.5) is 0 Å². The van der Waals surface area contributed by atoms with Gasteiger partial charge < -0.3 is 4.74 Å². The van der Waals surface area contributed by atoms with Gasteiger partial charge in [-0.3, -0.25) is 9.58 Å². The van der Waals surface area contributed by atoms with Crippen molar-refractivity contribution in [2.24, 2.45) is 0 Å². The zero-order chi connectivity index (χ0) is 13.1. The molecule has 1 atom stereocenters. The highest BCUT2D eigenvalue weighted by Gasteiger charge is 2.21. The number of halogens is 1. The molecule has 0 saturated carbocycles. The zero-order valence-corrected chi connectivity index (χ0v) is 12.1. The van der Waals surface area contributed by atoms with Gasteiger partial charge in [-0.2, -0.15) is 5.10 Å². The number of hydrogen-bond acceptors (Lipinski definition) is 4. The smallest absolute Gasteiger partial charge is 0.0931 e. The Kier molecular flexibility index (Phi) is 4.18. The normalized spacial score (nSPS) is 20.8. The van der Waals surface area contributed by atoms with Crippen molar-refractivity contribution in [3.8, 4) is 0 Å². The Labute approximate surface area is 121 Å². The number of thiophene rings is 1. The third-order valence-corrected chi connectivity index (χ3v) is 4.40. The van der Waals surface area contributed by atoms with Crippen LogP contribution in [0.5, 0.6) is 0 Å². The number of ether oxygens (including phenoxy) is 1. The summed E-state index contributed by atoms with van der Waals surface area (Å²) in [6.45, 7) is 4.47. The predicted octanol–water partition coefficient (Wildman–Crippen LogP) is 2.50. The van der Waals surface area contributed by atoms with Crippen LogP contribution >= 0.6 is 22.9 Å². The molecular weight excluding hydrogens is 282 g/mol. The highest BCUT2D eigenvalue weighted by Crippen LogP contribution is 2.23. The first kappa shape index (κ1) is 13.1. The second-order valence-corrected chi connectivity index (χ2v) is 6.46. The molecular formula is C13H16ClN3OS. The van der Waals surface area contributed by atoms with Crippen molar-refractivity contribution >= 4 is 22.9 Å². The summed E-state index contributed by atoms with van der Waals surface area (Å²) in [5.74, 6) is 0. The number of hydrogen-bond donors (Lipinski definition) is 0. The number of nitrogens with zero attached hydrogens (tertiary/aromatic N) is 3. The molecule has 0 spiro atoms. The Morgan fingerprint density at radius 2 is 2.42 bits per heavy atom. The van der Waals surface area contributed by atoms with Crippen LogP contribution in [0, 0.1) is 0 Å². The molecule has 6 heteroatoms. The van der Waals surface area contributed by atoms with Crippen LogP contribution in [-0.4, -0.2) is 40.5 Å². The summed E-state index contributed by atoms with van der Waals surface area (Å²) in [5.41, 5.74) is 0. The molecule has 102 valence electrons. The van der Waals surface area contributed by atoms with E-state index in [2.05, 4.69) is 16.1 Å². The topological polar surface area (TPSA) is 30.3 Å². The largest absolute Gasteiger partial charge is 0.374 e. The quantitative estimate of drug-likeness (QED) is 0.868. The van der Waals surface area contributed by atoms with Crippen molar-refractivity contribution in [1.82, 2.24) is 14.7 Å². The minimum absolute atomic E-state index is 0.212. The molecule has 1 saturated heterocycles. The van der Waals surface area contributed by atoms with Crippen molar-refractivity contribution in [1.29, 1.82) is 0 Å². The Bertz CT molecular complexity index is 514. The third kappa shape index (κ3) is 3.57. The molecule has 1 fully saturated rings. The van der Waals surface area contributed by atoms with Gasteiger partial charge in [0.1, 0.15) is 0 Å². The Balaban J connectivity index is 1.55. The summed E-state index contributed by atoms with van der Waals surface area (Å²) < 4.78 is 8.58. The highest BCUT2D eigenvalue weighted by atomic mass is 35.5. The molecule has 2 aromatic heterocycles. The van der Waals surface area contributed by atoms with Gasteiger partial charge in [0.05, 0.1) is 23.6 Å². The van der Waals surface area contributed by atoms with Gasteiger partial charge in [0.2, 0.25) is 0 Å². The average Bonchev–Trinajstić information content (AvgIpc) is 3.02. The summed E-state index contributed by atoms with van der Waals surface area (Å²) in [5, 5.41) is 4.23. The first-order valence-corrected chi connectivity index (χ1v) is 7.54. The number of morpholine rings is 1. The van der Waals surface area contributed by atoms with E-state index in [-0.39, 0.29) is 6.10 Å². The van der Waals surface area contributed by atoms with Crippen molar-refractivity contribution < 1.29 is 4.74 Å². The summed E-state index contributed by atoms with van der Waals surface area (Å²) >= 11 is 7.62. The lowest BCUT2D eigenvalue weighted by Gasteiger charge is -2.32. The lowest BCUT2D eigenvalue weighted by Crippen LogP contribution is -2.43. The fraction of sp³-hybridized carbons (Fsp3) is 0.462. The van der Waals surface area contributed by atoms with Gasteiger partial charge in [-0.05, 0) is 18.2 Å². The van der Waals surface area contributed by atoms with Crippen molar-refractivity contribution in [2.45, 2.75) is 19.2 Å². The van der Waals surface area contributed by atoms with Crippen LogP contribution in [0.15, 0.2) is 30.6 Å². The molecule has 1 aliphatic heterocycles. The van der Waals surface area contributed by atoms with E-state index >= 15 is 0 Å². The monoisotopic (exact) mass is 297 g/mol. The summed E-state index contributed by atoms with van der Waals surface area (Å²) in [7, 11) is 0. The van der Waals surface area contributed by atoms with Crippen LogP contribution < -0.4 is 0 Å². The number of rotatable bonds is 4. The summed E-state index contributed by atoms with van der Waals surface area (Å²) in [6, 6.07) is 6.00. The van der Waals surface area contributed by atoms with Crippen molar-refractivity contribution in [2.75, 3.05) is 19.7 Å². The molecule has 0 amide bonds. The van der Waals surface area contributed by atoms with Crippen LogP contribution in [0.3, 0.4) is 0 Å². The summed E-state index contributed by atoms with van der Waals surface area (Å²) in [6.07, 6.45) is 3.99. The van der Waals surface area contributed by atoms with E-state index in [9.17, 15) is 0 Å². The van der Waals surface area contributed by atoms with Gasteiger partial charge in [0.25, 0.3) is 0 Å². The van der Waals surface area contributed by atoms with Gasteiger partial charge >= 0.3 is 0 Å². The summed E-state index contributed by atoms with van der Waals surface area (Å²) in [4.78, 5) is 3.73. The van der Waals surface area contributed by atoms with Crippen molar-refractivity contribution in [3.05, 3.63) is 39.8 Å². The fourth-order valence-electron chi connectivity index (χ4n) is 2.31. The molecule has 0 radical (unpaired) electrons. The maximum atomic E-state index is 5.97. The molecule has 19 heavy (non-hydrogen) atoms. The van der Waals surface area contributed by atoms with E-state index in [0.29, 0.717) is 0 Å². The lowest BCUT2D eigenvalue weighted by molar-refractivity contribution is -0.0399. The molecule has 4 nitrogen and oxygen atoms in total. The molecule has 0 bridgehead atoms. The standard InChI is InChI=1S/C13H16ClN3OS/c14-13-3-2-12(19-13)10-16-6-7-18-11(8-16)9-17-5-1-4-15-17/h1-5,11H,6-10H2/t11-/m1/s1. The first-order chi connectivity index (χ1) is 9.29. The molecule has 0 aromatic carbocycles. The zero-order valence-electron chi connectivity index (χ0n) is 10.5. The van der Waals surface area contributed by atoms with E-state index in [1.54, 1.807) is 17.5 Å². The van der Waals surface area contributed by atoms with E-state index in [1.807, 2.05) is 23.0 Å². The van der Waals surface area contributed by atoms with Gasteiger partial charge in [0.15, 0.2) is 0 Å². The van der Waals surface area contributed by atoms with E-state index in [1.165, 1.54) is 4.88 Å². The molecule has 0 N–H and O–H groups in total. The van der Waals surface area contributed by atoms with E-state index in [4.69, 9.17) is 16.3 Å². The highest BCUT2D eigenvalue weighted by molar-refractivity contribution is 7.16. The Hall–Kier alpha value is -0.880. The van der Waals surface area contributed by atoms with Crippen LogP contribution in [0.2, 0.25) is 4.34 Å². The molecule has 3 heterocycles. The molecule has 0 aliphatic carbocycles. The Morgan fingerprint density at radius 3 is 3.16 bits per heavy atom. The van der Waals surface area contributed by atoms with Gasteiger partial charge in [-0.1, -0.05) is 11.6 Å². The molecule has 0 unspecified atom stereocenters. The van der Waals surface area contributed by atoms with Crippen LogP contribution in [0.1, 0.15) is 4.88 Å². The number of aromatic nitrogens is 2. The fourth-order valence-corrected chi connectivity index (χ4v) is 3.44. The maximum absolute atomic E-state index is 5.97. The van der Waals surface area contributed by atoms with Crippen LogP contribution in [-0.2, 0) is 17.8 Å². The minimum atomic E-state index is 0.212. The second kappa shape index (κ2) is 6.05. The second-order valence-electron chi connectivity index (χ2n) is 4.66. The van der Waals surface area contributed by atoms with Crippen LogP contribution in [0.25, 0.3) is 0 Å². The Morgan fingerprint density at radius 1 is 1.47 bits per heavy atom. The predicted molar refractivity (Wildman–Crippen MR) is 76.6 cm³/mol. The van der Waals surface area contributed by atoms with Gasteiger partial charge in [0, 0.05) is 36.9 Å². The molecule has 3 rings (SSSR count). The first-order valence-electron chi connectivity index (χ1n) is 6.35. The van der Waals surface area contributed by atoms with Gasteiger partial charge in [-0.25, -0.2) is 0 Å². The van der Waals surface area contributed by atoms with Gasteiger partial charge in [-0.15, -0.1) is 11.3 Å². The van der Waals surface area contributed by atoms with Crippen molar-refractivity contribution in [3.63, 3.8) is 0 Å². The maximum Gasteiger partial charge on any atom is 0.0931 e. The molecule has 1 aliphatic rings. The minimum Gasteiger partial charge on any atom is -0.374 e. The third-order valence-electron chi connectivity index (χ3n) is 3.18. The van der Waals surface area contributed by atoms with E-state index < -0.39 is 0 Å². The SMILES string of the molecule is Clc1ccc(CN2CCO[C@@H](Cn3cccn3)C2)s1. The average molecular weight is 298 g/mol. The molecule has 2 aromatic rings. The lowest BCUT2D eigenvalue weighted by atomic mass is 10.2.